The molecule has 0 unspecified atom stereocenters. The van der Waals surface area contributed by atoms with Gasteiger partial charge in [-0.05, 0) is 22.8 Å². The van der Waals surface area contributed by atoms with Gasteiger partial charge in [-0.3, -0.25) is 4.79 Å². The molecule has 0 saturated carbocycles. The van der Waals surface area contributed by atoms with Crippen LogP contribution in [-0.4, -0.2) is 18.5 Å². The quantitative estimate of drug-likeness (QED) is 0.814. The van der Waals surface area contributed by atoms with E-state index in [1.807, 2.05) is 6.07 Å². The summed E-state index contributed by atoms with van der Waals surface area (Å²) in [6, 6.07) is 7.11. The summed E-state index contributed by atoms with van der Waals surface area (Å²) >= 11 is 0. The van der Waals surface area contributed by atoms with E-state index in [1.165, 1.54) is 6.08 Å². The van der Waals surface area contributed by atoms with Crippen molar-refractivity contribution in [1.29, 1.82) is 0 Å². The molecule has 1 heterocycles. The molecule has 4 rings (SSSR count). The Kier molecular flexibility index (Phi) is 2.51. The predicted molar refractivity (Wildman–Crippen MR) is 87.8 cm³/mol. The zero-order chi connectivity index (χ0) is 20.9. The minimum atomic E-state index is -1.82. The number of ether oxygens (including phenoxy) is 2. The van der Waals surface area contributed by atoms with Crippen molar-refractivity contribution < 1.29 is 25.9 Å². The van der Waals surface area contributed by atoms with Crippen LogP contribution in [0.25, 0.3) is 6.08 Å². The first-order valence-electron chi connectivity index (χ1n) is 9.96. The number of carbonyl (C=O) groups is 2. The number of esters is 2. The third-order valence-electron chi connectivity index (χ3n) is 4.06. The van der Waals surface area contributed by atoms with Gasteiger partial charge in [0.05, 0.1) is 18.0 Å². The van der Waals surface area contributed by atoms with Gasteiger partial charge in [0.1, 0.15) is 6.61 Å². The van der Waals surface area contributed by atoms with Gasteiger partial charge in [0.15, 0.2) is 0 Å². The summed E-state index contributed by atoms with van der Waals surface area (Å²) < 4.78 is 51.5. The molecule has 1 fully saturated rings. The van der Waals surface area contributed by atoms with Crippen molar-refractivity contribution in [3.8, 4) is 0 Å². The van der Waals surface area contributed by atoms with E-state index < -0.39 is 48.5 Å². The van der Waals surface area contributed by atoms with Crippen molar-refractivity contribution in [2.75, 3.05) is 6.61 Å². The zero-order valence-corrected chi connectivity index (χ0v) is 12.6. The molecule has 2 aliphatic rings. The van der Waals surface area contributed by atoms with Crippen LogP contribution < -0.4 is 0 Å². The van der Waals surface area contributed by atoms with Gasteiger partial charge in [-0.25, -0.2) is 4.79 Å². The highest BCUT2D eigenvalue weighted by Gasteiger charge is 2.44. The van der Waals surface area contributed by atoms with Crippen molar-refractivity contribution in [3.63, 3.8) is 0 Å². The number of fused-ring (bicyclic) bond motifs is 2. The molecular weight excluding hydrogens is 304 g/mol. The standard InChI is InChI=1S/C20H16O4/c21-19-16-10-14-8-4-5-9-15(14)18(17(16)12-24-19)20(22)23-11-13-6-2-1-3-7-13/h1-10,17-18H,11-12H2/t17-,18-/m0/s1/i4D,5D,8D,9D,17D. The second-order valence-electron chi connectivity index (χ2n) is 5.51. The number of hydrogen-bond acceptors (Lipinski definition) is 4. The van der Waals surface area contributed by atoms with Crippen LogP contribution in [0.2, 0.25) is 0 Å². The lowest BCUT2D eigenvalue weighted by Crippen LogP contribution is -2.28. The monoisotopic (exact) mass is 325 g/mol. The molecule has 1 saturated heterocycles. The molecule has 0 radical (unpaired) electrons. The van der Waals surface area contributed by atoms with Crippen LogP contribution in [0.5, 0.6) is 0 Å². The van der Waals surface area contributed by atoms with Crippen LogP contribution in [0, 0.1) is 5.89 Å². The van der Waals surface area contributed by atoms with Gasteiger partial charge in [-0.2, -0.15) is 0 Å². The molecule has 0 N–H and O–H groups in total. The van der Waals surface area contributed by atoms with E-state index in [0.717, 1.165) is 5.56 Å². The van der Waals surface area contributed by atoms with E-state index in [-0.39, 0.29) is 29.3 Å². The molecule has 0 aromatic heterocycles. The highest BCUT2D eigenvalue weighted by molar-refractivity contribution is 6.00. The van der Waals surface area contributed by atoms with Gasteiger partial charge >= 0.3 is 11.9 Å². The predicted octanol–water partition coefficient (Wildman–Crippen LogP) is 3.08. The van der Waals surface area contributed by atoms with Crippen LogP contribution in [0.15, 0.2) is 60.1 Å². The molecule has 24 heavy (non-hydrogen) atoms. The maximum atomic E-state index is 13.1. The average Bonchev–Trinajstić information content (AvgIpc) is 3.02. The van der Waals surface area contributed by atoms with Crippen molar-refractivity contribution >= 4 is 18.0 Å². The lowest BCUT2D eigenvalue weighted by molar-refractivity contribution is -0.148. The van der Waals surface area contributed by atoms with E-state index >= 15 is 0 Å². The average molecular weight is 325 g/mol. The lowest BCUT2D eigenvalue weighted by atomic mass is 9.76. The summed E-state index contributed by atoms with van der Waals surface area (Å²) in [4.78, 5) is 25.2. The topological polar surface area (TPSA) is 52.6 Å². The summed E-state index contributed by atoms with van der Waals surface area (Å²) in [5.41, 5.74) is 0.567. The van der Waals surface area contributed by atoms with E-state index in [2.05, 4.69) is 0 Å². The van der Waals surface area contributed by atoms with E-state index in [0.29, 0.717) is 0 Å². The Balaban J connectivity index is 1.83. The Hall–Kier alpha value is -2.88. The highest BCUT2D eigenvalue weighted by atomic mass is 16.5. The molecule has 0 spiro atoms. The van der Waals surface area contributed by atoms with Gasteiger partial charge in [0.2, 0.25) is 0 Å². The molecule has 4 nitrogen and oxygen atoms in total. The third kappa shape index (κ3) is 2.50. The molecular formula is C20H16O4. The van der Waals surface area contributed by atoms with Gasteiger partial charge in [-0.1, -0.05) is 54.5 Å². The molecule has 4 heteroatoms. The van der Waals surface area contributed by atoms with Crippen molar-refractivity contribution in [1.82, 2.24) is 0 Å². The fourth-order valence-electron chi connectivity index (χ4n) is 2.88. The van der Waals surface area contributed by atoms with Gasteiger partial charge in [0.25, 0.3) is 0 Å². The molecule has 0 amide bonds. The largest absolute Gasteiger partial charge is 0.462 e. The smallest absolute Gasteiger partial charge is 0.334 e. The third-order valence-corrected chi connectivity index (χ3v) is 4.06. The Labute approximate surface area is 146 Å². The maximum absolute atomic E-state index is 13.1. The van der Waals surface area contributed by atoms with Gasteiger partial charge in [0, 0.05) is 12.8 Å². The SMILES string of the molecule is [2H]c1c([2H])c([2H])c2c(c1[2H])C=C1C(=O)OC[C@]1([2H])[C@H]2C(=O)OCc1ccccc1. The first-order chi connectivity index (χ1) is 13.8. The fourth-order valence-corrected chi connectivity index (χ4v) is 2.88. The molecule has 0 bridgehead atoms. The maximum Gasteiger partial charge on any atom is 0.334 e. The Bertz CT molecular complexity index is 1070. The fraction of sp³-hybridized carbons (Fsp3) is 0.200. The van der Waals surface area contributed by atoms with E-state index in [4.69, 9.17) is 16.3 Å². The molecule has 2 aromatic carbocycles. The molecule has 1 aliphatic carbocycles. The van der Waals surface area contributed by atoms with Crippen LogP contribution in [-0.2, 0) is 25.7 Å². The first kappa shape index (κ1) is 10.1. The minimum Gasteiger partial charge on any atom is -0.462 e. The molecule has 2 atom stereocenters. The number of carbonyl (C=O) groups excluding carboxylic acids is 2. The van der Waals surface area contributed by atoms with Crippen LogP contribution in [0.4, 0.5) is 0 Å². The molecule has 1 aliphatic heterocycles. The van der Waals surface area contributed by atoms with Crippen molar-refractivity contribution in [3.05, 3.63) is 76.8 Å². The number of rotatable bonds is 3. The second kappa shape index (κ2) is 5.96. The lowest BCUT2D eigenvalue weighted by Gasteiger charge is -2.26. The summed E-state index contributed by atoms with van der Waals surface area (Å²) in [6.45, 7) is -0.467. The molecule has 120 valence electrons. The summed E-state index contributed by atoms with van der Waals surface area (Å²) in [6.07, 6.45) is 1.23. The summed E-state index contributed by atoms with van der Waals surface area (Å²) in [5.74, 6) is -4.87. The summed E-state index contributed by atoms with van der Waals surface area (Å²) in [5, 5.41) is 0. The number of hydrogen-bond donors (Lipinski definition) is 0. The van der Waals surface area contributed by atoms with Crippen LogP contribution in [0.1, 0.15) is 29.5 Å². The first-order valence-corrected chi connectivity index (χ1v) is 7.46. The van der Waals surface area contributed by atoms with Gasteiger partial charge < -0.3 is 9.47 Å². The van der Waals surface area contributed by atoms with E-state index in [1.54, 1.807) is 24.3 Å². The Morgan fingerprint density at radius 1 is 1.29 bits per heavy atom. The zero-order valence-electron chi connectivity index (χ0n) is 17.6. The van der Waals surface area contributed by atoms with Gasteiger partial charge in [-0.15, -0.1) is 0 Å². The minimum absolute atomic E-state index is 0.00869. The van der Waals surface area contributed by atoms with Crippen LogP contribution in [0.3, 0.4) is 0 Å². The number of benzene rings is 2. The van der Waals surface area contributed by atoms with Crippen molar-refractivity contribution in [2.45, 2.75) is 12.5 Å². The Morgan fingerprint density at radius 3 is 2.92 bits per heavy atom. The van der Waals surface area contributed by atoms with Crippen LogP contribution >= 0.6 is 0 Å². The van der Waals surface area contributed by atoms with Crippen molar-refractivity contribution in [2.24, 2.45) is 5.89 Å². The van der Waals surface area contributed by atoms with E-state index in [9.17, 15) is 9.59 Å². The normalized spacial score (nSPS) is 27.3. The summed E-state index contributed by atoms with van der Waals surface area (Å²) in [7, 11) is 0. The number of cyclic esters (lactones) is 1. The molecule has 2 aromatic rings. The highest BCUT2D eigenvalue weighted by Crippen LogP contribution is 2.42. The second-order valence-corrected chi connectivity index (χ2v) is 5.51. The Morgan fingerprint density at radius 2 is 2.08 bits per heavy atom.